The number of aromatic hydroxyl groups is 1. The van der Waals surface area contributed by atoms with Crippen LogP contribution < -0.4 is 4.74 Å². The Morgan fingerprint density at radius 2 is 2.04 bits per heavy atom. The second kappa shape index (κ2) is 6.14. The van der Waals surface area contributed by atoms with Crippen molar-refractivity contribution in [2.45, 2.75) is 6.54 Å². The van der Waals surface area contributed by atoms with Gasteiger partial charge in [0, 0.05) is 25.7 Å². The van der Waals surface area contributed by atoms with E-state index in [0.29, 0.717) is 42.4 Å². The predicted molar refractivity (Wildman–Crippen MR) is 85.8 cm³/mol. The fourth-order valence-corrected chi connectivity index (χ4v) is 2.94. The summed E-state index contributed by atoms with van der Waals surface area (Å²) in [6.45, 7) is 3.41. The number of phenols is 1. The Morgan fingerprint density at radius 3 is 2.79 bits per heavy atom. The van der Waals surface area contributed by atoms with Crippen LogP contribution in [0.4, 0.5) is 0 Å². The average molecular weight is 327 g/mol. The zero-order valence-electron chi connectivity index (χ0n) is 13.0. The van der Waals surface area contributed by atoms with Crippen molar-refractivity contribution in [3.63, 3.8) is 0 Å². The molecule has 4 rings (SSSR count). The van der Waals surface area contributed by atoms with Gasteiger partial charge < -0.3 is 19.0 Å². The number of ketones is 1. The normalized spacial score (nSPS) is 19.5. The number of carbonyl (C=O) groups is 1. The van der Waals surface area contributed by atoms with Crippen molar-refractivity contribution in [2.75, 3.05) is 26.3 Å². The Bertz CT molecular complexity index is 788. The van der Waals surface area contributed by atoms with Gasteiger partial charge in [0.1, 0.15) is 17.3 Å². The smallest absolute Gasteiger partial charge is 0.232 e. The number of fused-ring (bicyclic) bond motifs is 1. The van der Waals surface area contributed by atoms with E-state index in [-0.39, 0.29) is 17.3 Å². The molecule has 2 aliphatic heterocycles. The van der Waals surface area contributed by atoms with Gasteiger partial charge in [-0.1, -0.05) is 0 Å². The van der Waals surface area contributed by atoms with Crippen LogP contribution in [0.2, 0.25) is 0 Å². The number of allylic oxidation sites excluding steroid dienone is 1. The van der Waals surface area contributed by atoms with Gasteiger partial charge in [0.15, 0.2) is 5.76 Å². The summed E-state index contributed by atoms with van der Waals surface area (Å²) in [6, 6.07) is 6.64. The number of hydrogen-bond acceptors (Lipinski definition) is 6. The minimum atomic E-state index is -0.204. The Morgan fingerprint density at radius 1 is 1.21 bits per heavy atom. The van der Waals surface area contributed by atoms with Crippen molar-refractivity contribution in [3.05, 3.63) is 53.2 Å². The molecule has 6 heteroatoms. The molecule has 1 fully saturated rings. The first-order valence-corrected chi connectivity index (χ1v) is 7.85. The van der Waals surface area contributed by atoms with Crippen molar-refractivity contribution >= 4 is 11.9 Å². The maximum absolute atomic E-state index is 12.5. The second-order valence-electron chi connectivity index (χ2n) is 5.78. The van der Waals surface area contributed by atoms with Crippen molar-refractivity contribution < 1.29 is 23.8 Å². The van der Waals surface area contributed by atoms with Crippen LogP contribution in [0, 0.1) is 0 Å². The number of benzene rings is 1. The van der Waals surface area contributed by atoms with Crippen LogP contribution in [-0.2, 0) is 11.3 Å². The van der Waals surface area contributed by atoms with Crippen LogP contribution in [0.15, 0.2) is 40.7 Å². The molecule has 24 heavy (non-hydrogen) atoms. The molecule has 1 aromatic heterocycles. The van der Waals surface area contributed by atoms with Crippen LogP contribution >= 0.6 is 0 Å². The summed E-state index contributed by atoms with van der Waals surface area (Å²) in [5.74, 6) is 1.11. The van der Waals surface area contributed by atoms with Gasteiger partial charge in [-0.05, 0) is 24.3 Å². The minimum Gasteiger partial charge on any atom is -0.507 e. The highest BCUT2D eigenvalue weighted by Gasteiger charge is 2.32. The topological polar surface area (TPSA) is 72.1 Å². The van der Waals surface area contributed by atoms with E-state index in [1.807, 2.05) is 0 Å². The van der Waals surface area contributed by atoms with E-state index < -0.39 is 0 Å². The second-order valence-corrected chi connectivity index (χ2v) is 5.78. The van der Waals surface area contributed by atoms with Gasteiger partial charge in [-0.15, -0.1) is 0 Å². The third-order valence-electron chi connectivity index (χ3n) is 4.22. The lowest BCUT2D eigenvalue weighted by Crippen LogP contribution is -2.35. The molecule has 1 aromatic carbocycles. The number of phenolic OH excluding ortho intramolecular Hbond substituents is 1. The molecule has 2 aliphatic rings. The van der Waals surface area contributed by atoms with Gasteiger partial charge in [0.2, 0.25) is 5.78 Å². The molecule has 2 aromatic rings. The molecule has 1 saturated heterocycles. The molecule has 124 valence electrons. The van der Waals surface area contributed by atoms with Crippen LogP contribution in [0.5, 0.6) is 11.5 Å². The van der Waals surface area contributed by atoms with E-state index in [2.05, 4.69) is 4.90 Å². The number of rotatable bonds is 3. The molecule has 0 bridgehead atoms. The highest BCUT2D eigenvalue weighted by atomic mass is 16.5. The van der Waals surface area contributed by atoms with Crippen molar-refractivity contribution in [1.29, 1.82) is 0 Å². The first-order chi connectivity index (χ1) is 11.7. The first kappa shape index (κ1) is 15.0. The fourth-order valence-electron chi connectivity index (χ4n) is 2.94. The van der Waals surface area contributed by atoms with E-state index in [0.717, 1.165) is 13.1 Å². The summed E-state index contributed by atoms with van der Waals surface area (Å²) >= 11 is 0. The largest absolute Gasteiger partial charge is 0.507 e. The summed E-state index contributed by atoms with van der Waals surface area (Å²) in [4.78, 5) is 14.7. The van der Waals surface area contributed by atoms with E-state index in [9.17, 15) is 9.90 Å². The van der Waals surface area contributed by atoms with Crippen molar-refractivity contribution in [2.24, 2.45) is 0 Å². The SMILES string of the molecule is O=C1C(=Cc2ccco2)Oc2c1ccc(O)c2CN1CCOCC1. The molecule has 1 N–H and O–H groups in total. The van der Waals surface area contributed by atoms with E-state index in [4.69, 9.17) is 13.9 Å². The highest BCUT2D eigenvalue weighted by molar-refractivity contribution is 6.14. The van der Waals surface area contributed by atoms with Crippen LogP contribution in [0.25, 0.3) is 6.08 Å². The van der Waals surface area contributed by atoms with Gasteiger partial charge in [-0.2, -0.15) is 0 Å². The molecule has 3 heterocycles. The maximum Gasteiger partial charge on any atom is 0.232 e. The third kappa shape index (κ3) is 2.70. The zero-order valence-corrected chi connectivity index (χ0v) is 13.0. The molecule has 0 unspecified atom stereocenters. The van der Waals surface area contributed by atoms with Crippen LogP contribution in [0.3, 0.4) is 0 Å². The van der Waals surface area contributed by atoms with Crippen molar-refractivity contribution in [1.82, 2.24) is 4.90 Å². The Labute approximate surface area is 138 Å². The molecule has 6 nitrogen and oxygen atoms in total. The minimum absolute atomic E-state index is 0.132. The summed E-state index contributed by atoms with van der Waals surface area (Å²) in [5.41, 5.74) is 1.10. The highest BCUT2D eigenvalue weighted by Crippen LogP contribution is 2.40. The molecule has 0 radical (unpaired) electrons. The molecule has 0 amide bonds. The number of furan rings is 1. The molecule has 0 spiro atoms. The molecular weight excluding hydrogens is 310 g/mol. The first-order valence-electron chi connectivity index (χ1n) is 7.85. The zero-order chi connectivity index (χ0) is 16.5. The lowest BCUT2D eigenvalue weighted by Gasteiger charge is -2.27. The monoisotopic (exact) mass is 327 g/mol. The quantitative estimate of drug-likeness (QED) is 0.873. The molecular formula is C18H17NO5. The number of carbonyl (C=O) groups excluding carboxylic acids is 1. The standard InChI is InChI=1S/C18H17NO5/c20-15-4-3-13-17(21)16(10-12-2-1-7-23-12)24-18(13)14(15)11-19-5-8-22-9-6-19/h1-4,7,10,20H,5-6,8-9,11H2. The predicted octanol–water partition coefficient (Wildman–Crippen LogP) is 2.43. The summed E-state index contributed by atoms with van der Waals surface area (Å²) < 4.78 is 16.4. The molecule has 0 saturated carbocycles. The Hall–Kier alpha value is -2.57. The summed E-state index contributed by atoms with van der Waals surface area (Å²) in [5, 5.41) is 10.2. The van der Waals surface area contributed by atoms with Gasteiger partial charge in [0.05, 0.1) is 30.6 Å². The lowest BCUT2D eigenvalue weighted by molar-refractivity contribution is 0.0336. The summed E-state index contributed by atoms with van der Waals surface area (Å²) in [6.07, 6.45) is 3.10. The maximum atomic E-state index is 12.5. The number of hydrogen-bond donors (Lipinski definition) is 1. The van der Waals surface area contributed by atoms with E-state index in [1.54, 1.807) is 30.3 Å². The fraction of sp³-hybridized carbons (Fsp3) is 0.278. The molecule has 0 atom stereocenters. The third-order valence-corrected chi connectivity index (χ3v) is 4.22. The molecule has 0 aliphatic carbocycles. The Kier molecular flexibility index (Phi) is 3.84. The average Bonchev–Trinajstić information content (AvgIpc) is 3.21. The van der Waals surface area contributed by atoms with Crippen LogP contribution in [-0.4, -0.2) is 42.1 Å². The van der Waals surface area contributed by atoms with Gasteiger partial charge in [-0.3, -0.25) is 9.69 Å². The van der Waals surface area contributed by atoms with Gasteiger partial charge in [0.25, 0.3) is 0 Å². The van der Waals surface area contributed by atoms with Crippen molar-refractivity contribution in [3.8, 4) is 11.5 Å². The van der Waals surface area contributed by atoms with Gasteiger partial charge >= 0.3 is 0 Å². The number of morpholine rings is 1. The number of nitrogens with zero attached hydrogens (tertiary/aromatic N) is 1. The van der Waals surface area contributed by atoms with E-state index >= 15 is 0 Å². The van der Waals surface area contributed by atoms with E-state index in [1.165, 1.54) is 6.26 Å². The number of Topliss-reactive ketones (excluding diaryl/α,β-unsaturated/α-hetero) is 1. The Balaban J connectivity index is 1.66. The summed E-state index contributed by atoms with van der Waals surface area (Å²) in [7, 11) is 0. The number of ether oxygens (including phenoxy) is 2. The lowest BCUT2D eigenvalue weighted by atomic mass is 10.0. The van der Waals surface area contributed by atoms with Crippen LogP contribution in [0.1, 0.15) is 21.7 Å². The van der Waals surface area contributed by atoms with Gasteiger partial charge in [-0.25, -0.2) is 0 Å².